The maximum atomic E-state index is 12.6. The number of esters is 2. The van der Waals surface area contributed by atoms with Crippen LogP contribution >= 0.6 is 15.9 Å². The SMILES string of the molecule is C.C.CCOC(=O)C(C[C@@H](C)[C@H]1CCC2C3CC[C@@H]4C[C@H](O)CC[C@]4(C)C3C[C@H](O)[C@@]21C)C(=O)OCC.C[C@H](CBr)[C@H]1CCC2C3CC[C@@H]4C[C@H](O)CC[C@]4(C)C3C[C@H](O)[C@@]21C. The molecule has 8 aliphatic rings. The lowest BCUT2D eigenvalue weighted by Crippen LogP contribution is -2.58. The van der Waals surface area contributed by atoms with Crippen LogP contribution in [-0.4, -0.2) is 75.3 Å². The fourth-order valence-electron chi connectivity index (χ4n) is 17.7. The van der Waals surface area contributed by atoms with Gasteiger partial charge in [-0.1, -0.05) is 72.3 Å². The molecule has 0 heterocycles. The Bertz CT molecular complexity index is 1490. The number of hydrogen-bond donors (Lipinski definition) is 4. The van der Waals surface area contributed by atoms with Crippen LogP contribution in [0.4, 0.5) is 0 Å². The van der Waals surface area contributed by atoms with Crippen molar-refractivity contribution in [2.75, 3.05) is 18.5 Å². The Morgan fingerprint density at radius 2 is 0.984 bits per heavy atom. The summed E-state index contributed by atoms with van der Waals surface area (Å²) < 4.78 is 10.4. The molecular weight excluding hydrogens is 844 g/mol. The van der Waals surface area contributed by atoms with Crippen molar-refractivity contribution < 1.29 is 39.5 Å². The molecule has 360 valence electrons. The van der Waals surface area contributed by atoms with Crippen LogP contribution in [0.25, 0.3) is 0 Å². The molecule has 8 rings (SSSR count). The van der Waals surface area contributed by atoms with Crippen molar-refractivity contribution in [3.05, 3.63) is 0 Å². The van der Waals surface area contributed by atoms with Gasteiger partial charge in [0.1, 0.15) is 0 Å². The summed E-state index contributed by atoms with van der Waals surface area (Å²) in [6, 6.07) is 0. The first-order valence-corrected chi connectivity index (χ1v) is 26.1. The van der Waals surface area contributed by atoms with E-state index in [1.54, 1.807) is 13.8 Å². The largest absolute Gasteiger partial charge is 0.465 e. The second-order valence-electron chi connectivity index (χ2n) is 23.2. The first-order chi connectivity index (χ1) is 28.4. The molecule has 0 bridgehead atoms. The predicted octanol–water partition coefficient (Wildman–Crippen LogP) is 11.0. The van der Waals surface area contributed by atoms with E-state index in [4.69, 9.17) is 9.47 Å². The van der Waals surface area contributed by atoms with E-state index in [0.717, 1.165) is 75.5 Å². The minimum Gasteiger partial charge on any atom is -0.465 e. The molecule has 0 aliphatic heterocycles. The maximum absolute atomic E-state index is 12.6. The number of halogens is 1. The van der Waals surface area contributed by atoms with E-state index in [9.17, 15) is 30.0 Å². The maximum Gasteiger partial charge on any atom is 0.320 e. The smallest absolute Gasteiger partial charge is 0.320 e. The number of alkyl halides is 1. The zero-order valence-corrected chi connectivity index (χ0v) is 40.3. The molecule has 8 aliphatic carbocycles. The van der Waals surface area contributed by atoms with E-state index in [2.05, 4.69) is 57.5 Å². The monoisotopic (exact) mass is 937 g/mol. The summed E-state index contributed by atoms with van der Waals surface area (Å²) >= 11 is 3.71. The number of rotatable bonds is 9. The molecule has 20 atom stereocenters. The summed E-state index contributed by atoms with van der Waals surface area (Å²) in [5.41, 5.74) is 0.480. The lowest BCUT2D eigenvalue weighted by Gasteiger charge is -2.62. The van der Waals surface area contributed by atoms with Gasteiger partial charge in [0, 0.05) is 5.33 Å². The highest BCUT2D eigenvalue weighted by molar-refractivity contribution is 9.09. The van der Waals surface area contributed by atoms with Crippen molar-refractivity contribution >= 4 is 27.9 Å². The van der Waals surface area contributed by atoms with Crippen LogP contribution in [0.5, 0.6) is 0 Å². The van der Waals surface area contributed by atoms with Crippen molar-refractivity contribution in [3.63, 3.8) is 0 Å². The first kappa shape index (κ1) is 52.2. The second-order valence-corrected chi connectivity index (χ2v) is 23.8. The Balaban J connectivity index is 0.000000238. The fraction of sp³-hybridized carbons (Fsp3) is 0.962. The van der Waals surface area contributed by atoms with Gasteiger partial charge >= 0.3 is 11.9 Å². The van der Waals surface area contributed by atoms with Gasteiger partial charge in [-0.3, -0.25) is 9.59 Å². The molecule has 0 spiro atoms. The van der Waals surface area contributed by atoms with Gasteiger partial charge in [-0.05, 0) is 216 Å². The number of fused-ring (bicyclic) bond motifs is 10. The molecule has 6 unspecified atom stereocenters. The summed E-state index contributed by atoms with van der Waals surface area (Å²) in [7, 11) is 0. The highest BCUT2D eigenvalue weighted by atomic mass is 79.9. The van der Waals surface area contributed by atoms with E-state index in [-0.39, 0.29) is 80.6 Å². The molecule has 8 saturated carbocycles. The summed E-state index contributed by atoms with van der Waals surface area (Å²) in [6.07, 6.45) is 17.3. The average Bonchev–Trinajstić information content (AvgIpc) is 3.77. The summed E-state index contributed by atoms with van der Waals surface area (Å²) in [5, 5.41) is 44.7. The van der Waals surface area contributed by atoms with Gasteiger partial charge in [-0.15, -0.1) is 0 Å². The van der Waals surface area contributed by atoms with Crippen molar-refractivity contribution in [2.24, 2.45) is 98.6 Å². The fourth-order valence-corrected chi connectivity index (χ4v) is 18.2. The third-order valence-electron chi connectivity index (χ3n) is 21.0. The van der Waals surface area contributed by atoms with Gasteiger partial charge < -0.3 is 29.9 Å². The molecule has 8 fully saturated rings. The Morgan fingerprint density at radius 3 is 1.37 bits per heavy atom. The van der Waals surface area contributed by atoms with Gasteiger partial charge in [-0.2, -0.15) is 0 Å². The summed E-state index contributed by atoms with van der Waals surface area (Å²) in [4.78, 5) is 25.3. The van der Waals surface area contributed by atoms with Crippen molar-refractivity contribution in [1.82, 2.24) is 0 Å². The minimum absolute atomic E-state index is 0. The lowest BCUT2D eigenvalue weighted by molar-refractivity contribution is -0.176. The molecular formula is C53H93BrO8. The highest BCUT2D eigenvalue weighted by Crippen LogP contribution is 2.70. The highest BCUT2D eigenvalue weighted by Gasteiger charge is 2.65. The van der Waals surface area contributed by atoms with E-state index < -0.39 is 17.9 Å². The van der Waals surface area contributed by atoms with Crippen LogP contribution in [0.3, 0.4) is 0 Å². The molecule has 0 saturated heterocycles. The summed E-state index contributed by atoms with van der Waals surface area (Å²) in [5.74, 6) is 4.80. The van der Waals surface area contributed by atoms with Gasteiger partial charge in [0.05, 0.1) is 37.6 Å². The van der Waals surface area contributed by atoms with Crippen molar-refractivity contribution in [1.29, 1.82) is 0 Å². The minimum atomic E-state index is -0.899. The number of hydrogen-bond acceptors (Lipinski definition) is 8. The molecule has 4 N–H and O–H groups in total. The molecule has 0 radical (unpaired) electrons. The van der Waals surface area contributed by atoms with Crippen LogP contribution in [0.15, 0.2) is 0 Å². The van der Waals surface area contributed by atoms with Crippen molar-refractivity contribution in [2.45, 2.75) is 204 Å². The summed E-state index contributed by atoms with van der Waals surface area (Å²) in [6.45, 7) is 18.2. The molecule has 9 heteroatoms. The topological polar surface area (TPSA) is 134 Å². The van der Waals surface area contributed by atoms with Gasteiger partial charge in [-0.25, -0.2) is 0 Å². The number of carbonyl (C=O) groups is 2. The number of aliphatic hydroxyl groups is 4. The van der Waals surface area contributed by atoms with E-state index in [1.165, 1.54) is 38.5 Å². The van der Waals surface area contributed by atoms with E-state index in [0.29, 0.717) is 65.1 Å². The van der Waals surface area contributed by atoms with Gasteiger partial charge in [0.15, 0.2) is 5.92 Å². The van der Waals surface area contributed by atoms with Crippen LogP contribution in [0, 0.1) is 98.6 Å². The zero-order valence-electron chi connectivity index (χ0n) is 38.8. The lowest BCUT2D eigenvalue weighted by atomic mass is 9.43. The van der Waals surface area contributed by atoms with Crippen LogP contribution in [0.2, 0.25) is 0 Å². The Morgan fingerprint density at radius 1 is 0.581 bits per heavy atom. The van der Waals surface area contributed by atoms with Crippen LogP contribution in [-0.2, 0) is 19.1 Å². The quantitative estimate of drug-likeness (QED) is 0.102. The predicted molar refractivity (Wildman–Crippen MR) is 252 cm³/mol. The third kappa shape index (κ3) is 8.79. The molecule has 62 heavy (non-hydrogen) atoms. The zero-order chi connectivity index (χ0) is 43.5. The Labute approximate surface area is 386 Å². The van der Waals surface area contributed by atoms with E-state index >= 15 is 0 Å². The average molecular weight is 938 g/mol. The standard InChI is InChI=1S/C29H48O6.C22H37BrO2.2CH4/c1-6-34-26(32)21(27(33)35-7-2)14-17(3)22-10-11-23-20-9-8-18-15-19(30)12-13-28(18,4)24(20)16-25(31)29(22,23)5;1-13(12-23)17-6-7-18-16-5-4-14-10-15(24)8-9-21(14,2)19(16)11-20(25)22(17,18)3;;/h17-25,30-31H,6-16H2,1-5H3;13-20,24-25H,4-12H2,1-3H3;2*1H4/t17-,18-,19-,20?,22-,23?,24?,25+,28+,29-;13-,14-,15-,16?,17-,18?,19?,20+,21+,22-;;/m11../s1. The van der Waals surface area contributed by atoms with Crippen LogP contribution in [0.1, 0.15) is 179 Å². The number of carbonyl (C=O) groups excluding carboxylic acids is 2. The Hall–Kier alpha value is -0.740. The first-order valence-electron chi connectivity index (χ1n) is 25.0. The normalized spacial score (nSPS) is 47.5. The van der Waals surface area contributed by atoms with Gasteiger partial charge in [0.2, 0.25) is 0 Å². The third-order valence-corrected chi connectivity index (χ3v) is 22.0. The molecule has 0 amide bonds. The van der Waals surface area contributed by atoms with Gasteiger partial charge in [0.25, 0.3) is 0 Å². The number of aliphatic hydroxyl groups excluding tert-OH is 4. The molecule has 8 nitrogen and oxygen atoms in total. The van der Waals surface area contributed by atoms with Crippen molar-refractivity contribution in [3.8, 4) is 0 Å². The second kappa shape index (κ2) is 20.2. The Kier molecular flexibility index (Phi) is 17.0. The van der Waals surface area contributed by atoms with Crippen LogP contribution < -0.4 is 0 Å². The van der Waals surface area contributed by atoms with E-state index in [1.807, 2.05) is 0 Å². The molecule has 0 aromatic carbocycles. The molecule has 0 aromatic rings. The molecule has 0 aromatic heterocycles. The number of ether oxygens (including phenoxy) is 2.